The van der Waals surface area contributed by atoms with E-state index in [0.717, 1.165) is 38.0 Å². The van der Waals surface area contributed by atoms with Crippen LogP contribution < -0.4 is 4.74 Å². The minimum absolute atomic E-state index is 0.303. The van der Waals surface area contributed by atoms with Crippen LogP contribution in [-0.4, -0.2) is 18.3 Å². The highest BCUT2D eigenvalue weighted by atomic mass is 16.5. The predicted octanol–water partition coefficient (Wildman–Crippen LogP) is 3.23. The topological polar surface area (TPSA) is 29.5 Å². The quantitative estimate of drug-likeness (QED) is 0.718. The van der Waals surface area contributed by atoms with Crippen LogP contribution in [0.3, 0.4) is 0 Å². The number of ether oxygens (including phenoxy) is 1. The maximum absolute atomic E-state index is 8.64. The summed E-state index contributed by atoms with van der Waals surface area (Å²) in [7, 11) is 0. The van der Waals surface area contributed by atoms with Gasteiger partial charge in [0, 0.05) is 6.61 Å². The Labute approximate surface area is 98.3 Å². The van der Waals surface area contributed by atoms with Crippen molar-refractivity contribution in [3.63, 3.8) is 0 Å². The van der Waals surface area contributed by atoms with Crippen molar-refractivity contribution in [2.45, 2.75) is 39.5 Å². The molecule has 0 atom stereocenters. The van der Waals surface area contributed by atoms with E-state index in [1.807, 2.05) is 12.1 Å². The summed E-state index contributed by atoms with van der Waals surface area (Å²) < 4.78 is 5.74. The number of aryl methyl sites for hydroxylation is 1. The van der Waals surface area contributed by atoms with Gasteiger partial charge in [-0.2, -0.15) is 0 Å². The van der Waals surface area contributed by atoms with Crippen molar-refractivity contribution in [3.05, 3.63) is 29.3 Å². The molecule has 0 aromatic heterocycles. The molecule has 1 rings (SSSR count). The maximum Gasteiger partial charge on any atom is 0.122 e. The number of rotatable bonds is 7. The Morgan fingerprint density at radius 1 is 1.06 bits per heavy atom. The van der Waals surface area contributed by atoms with Crippen molar-refractivity contribution < 1.29 is 9.84 Å². The van der Waals surface area contributed by atoms with Crippen molar-refractivity contribution in [1.82, 2.24) is 0 Å². The molecular weight excluding hydrogens is 200 g/mol. The molecule has 0 saturated heterocycles. The van der Waals surface area contributed by atoms with Crippen LogP contribution in [0.2, 0.25) is 0 Å². The zero-order chi connectivity index (χ0) is 11.8. The maximum atomic E-state index is 8.64. The molecule has 2 nitrogen and oxygen atoms in total. The van der Waals surface area contributed by atoms with Gasteiger partial charge in [0.1, 0.15) is 5.75 Å². The van der Waals surface area contributed by atoms with E-state index in [1.54, 1.807) is 0 Å². The van der Waals surface area contributed by atoms with Gasteiger partial charge in [-0.1, -0.05) is 18.6 Å². The molecule has 0 unspecified atom stereocenters. The van der Waals surface area contributed by atoms with E-state index in [4.69, 9.17) is 9.84 Å². The van der Waals surface area contributed by atoms with Crippen molar-refractivity contribution in [1.29, 1.82) is 0 Å². The summed E-state index contributed by atoms with van der Waals surface area (Å²) in [6.07, 6.45) is 4.19. The Bertz CT molecular complexity index is 308. The van der Waals surface area contributed by atoms with Crippen LogP contribution in [0.5, 0.6) is 5.75 Å². The van der Waals surface area contributed by atoms with Crippen LogP contribution in [0, 0.1) is 13.8 Å². The Kier molecular flexibility index (Phi) is 5.94. The van der Waals surface area contributed by atoms with Crippen molar-refractivity contribution >= 4 is 0 Å². The van der Waals surface area contributed by atoms with Gasteiger partial charge < -0.3 is 9.84 Å². The lowest BCUT2D eigenvalue weighted by Crippen LogP contribution is -1.99. The number of aliphatic hydroxyl groups is 1. The van der Waals surface area contributed by atoms with E-state index >= 15 is 0 Å². The fourth-order valence-corrected chi connectivity index (χ4v) is 1.63. The van der Waals surface area contributed by atoms with Gasteiger partial charge in [-0.25, -0.2) is 0 Å². The van der Waals surface area contributed by atoms with E-state index in [1.165, 1.54) is 11.1 Å². The number of aliphatic hydroxyl groups excluding tert-OH is 1. The summed E-state index contributed by atoms with van der Waals surface area (Å²) >= 11 is 0. The molecule has 1 N–H and O–H groups in total. The van der Waals surface area contributed by atoms with Gasteiger partial charge in [-0.3, -0.25) is 0 Å². The van der Waals surface area contributed by atoms with E-state index in [0.29, 0.717) is 6.61 Å². The lowest BCUT2D eigenvalue weighted by Gasteiger charge is -2.10. The van der Waals surface area contributed by atoms with Crippen molar-refractivity contribution in [3.8, 4) is 5.75 Å². The first-order valence-corrected chi connectivity index (χ1v) is 6.05. The van der Waals surface area contributed by atoms with Crippen molar-refractivity contribution in [2.24, 2.45) is 0 Å². The van der Waals surface area contributed by atoms with Gasteiger partial charge in [0.15, 0.2) is 0 Å². The third-order valence-corrected chi connectivity index (χ3v) is 2.86. The van der Waals surface area contributed by atoms with Gasteiger partial charge >= 0.3 is 0 Å². The fraction of sp³-hybridized carbons (Fsp3) is 0.571. The minimum atomic E-state index is 0.303. The second-order valence-electron chi connectivity index (χ2n) is 4.18. The van der Waals surface area contributed by atoms with Gasteiger partial charge in [0.05, 0.1) is 6.61 Å². The van der Waals surface area contributed by atoms with Crippen LogP contribution >= 0.6 is 0 Å². The summed E-state index contributed by atoms with van der Waals surface area (Å²) in [5.41, 5.74) is 2.51. The third-order valence-electron chi connectivity index (χ3n) is 2.86. The molecule has 1 aromatic rings. The van der Waals surface area contributed by atoms with Gasteiger partial charge in [-0.05, 0) is 50.3 Å². The van der Waals surface area contributed by atoms with Crippen LogP contribution in [0.15, 0.2) is 18.2 Å². The lowest BCUT2D eigenvalue weighted by atomic mass is 10.1. The average Bonchev–Trinajstić information content (AvgIpc) is 2.29. The van der Waals surface area contributed by atoms with Crippen LogP contribution in [0.4, 0.5) is 0 Å². The largest absolute Gasteiger partial charge is 0.493 e. The first-order chi connectivity index (χ1) is 7.75. The molecule has 0 heterocycles. The molecular formula is C14H22O2. The second-order valence-corrected chi connectivity index (χ2v) is 4.18. The molecule has 0 bridgehead atoms. The summed E-state index contributed by atoms with van der Waals surface area (Å²) in [4.78, 5) is 0. The highest BCUT2D eigenvalue weighted by Crippen LogP contribution is 2.20. The number of benzene rings is 1. The van der Waals surface area contributed by atoms with Crippen LogP contribution in [-0.2, 0) is 0 Å². The van der Waals surface area contributed by atoms with Gasteiger partial charge in [-0.15, -0.1) is 0 Å². The van der Waals surface area contributed by atoms with Gasteiger partial charge in [0.25, 0.3) is 0 Å². The second kappa shape index (κ2) is 7.29. The number of hydrogen-bond acceptors (Lipinski definition) is 2. The lowest BCUT2D eigenvalue weighted by molar-refractivity contribution is 0.273. The normalized spacial score (nSPS) is 10.4. The molecule has 0 fully saturated rings. The molecule has 90 valence electrons. The van der Waals surface area contributed by atoms with Crippen LogP contribution in [0.1, 0.15) is 36.8 Å². The Balaban J connectivity index is 2.24. The average molecular weight is 222 g/mol. The van der Waals surface area contributed by atoms with Crippen molar-refractivity contribution in [2.75, 3.05) is 13.2 Å². The SMILES string of the molecule is Cc1cccc(OCCCCCCO)c1C. The molecule has 0 aliphatic carbocycles. The zero-order valence-electron chi connectivity index (χ0n) is 10.3. The van der Waals surface area contributed by atoms with E-state index < -0.39 is 0 Å². The molecule has 0 spiro atoms. The first-order valence-electron chi connectivity index (χ1n) is 6.05. The molecule has 1 aromatic carbocycles. The van der Waals surface area contributed by atoms with E-state index in [2.05, 4.69) is 19.9 Å². The summed E-state index contributed by atoms with van der Waals surface area (Å²) in [5.74, 6) is 1.00. The smallest absolute Gasteiger partial charge is 0.122 e. The summed E-state index contributed by atoms with van der Waals surface area (Å²) in [5, 5.41) is 8.64. The number of unbranched alkanes of at least 4 members (excludes halogenated alkanes) is 3. The molecule has 0 amide bonds. The third kappa shape index (κ3) is 4.23. The van der Waals surface area contributed by atoms with E-state index in [-0.39, 0.29) is 0 Å². The zero-order valence-corrected chi connectivity index (χ0v) is 10.3. The molecule has 16 heavy (non-hydrogen) atoms. The van der Waals surface area contributed by atoms with Gasteiger partial charge in [0.2, 0.25) is 0 Å². The molecule has 2 heteroatoms. The minimum Gasteiger partial charge on any atom is -0.493 e. The molecule has 0 saturated carbocycles. The Morgan fingerprint density at radius 2 is 1.81 bits per heavy atom. The predicted molar refractivity (Wildman–Crippen MR) is 67.0 cm³/mol. The standard InChI is InChI=1S/C14H22O2/c1-12-8-7-9-14(13(12)2)16-11-6-4-3-5-10-15/h7-9,15H,3-6,10-11H2,1-2H3. The monoisotopic (exact) mass is 222 g/mol. The first kappa shape index (κ1) is 13.0. The van der Waals surface area contributed by atoms with Crippen LogP contribution in [0.25, 0.3) is 0 Å². The fourth-order valence-electron chi connectivity index (χ4n) is 1.63. The number of hydrogen-bond donors (Lipinski definition) is 1. The van der Waals surface area contributed by atoms with E-state index in [9.17, 15) is 0 Å². The molecule has 0 aliphatic rings. The summed E-state index contributed by atoms with van der Waals surface area (Å²) in [6.45, 7) is 5.27. The highest BCUT2D eigenvalue weighted by Gasteiger charge is 2.00. The Hall–Kier alpha value is -1.02. The summed E-state index contributed by atoms with van der Waals surface area (Å²) in [6, 6.07) is 6.16. The molecule has 0 radical (unpaired) electrons. The highest BCUT2D eigenvalue weighted by molar-refractivity contribution is 5.38. The Morgan fingerprint density at radius 3 is 2.56 bits per heavy atom. The molecule has 0 aliphatic heterocycles.